The van der Waals surface area contributed by atoms with Crippen molar-refractivity contribution in [2.45, 2.75) is 52.7 Å². The van der Waals surface area contributed by atoms with Crippen molar-refractivity contribution in [3.05, 3.63) is 0 Å². The van der Waals surface area contributed by atoms with Gasteiger partial charge in [-0.3, -0.25) is 0 Å². The van der Waals surface area contributed by atoms with Crippen molar-refractivity contribution >= 4 is 0 Å². The molecular formula is C14H30N2O. The molecule has 1 saturated heterocycles. The summed E-state index contributed by atoms with van der Waals surface area (Å²) >= 11 is 0. The van der Waals surface area contributed by atoms with E-state index in [1.54, 1.807) is 0 Å². The van der Waals surface area contributed by atoms with E-state index in [2.05, 4.69) is 31.0 Å². The van der Waals surface area contributed by atoms with E-state index in [0.717, 1.165) is 18.9 Å². The van der Waals surface area contributed by atoms with E-state index in [4.69, 9.17) is 0 Å². The molecule has 0 aromatic heterocycles. The van der Waals surface area contributed by atoms with Crippen molar-refractivity contribution in [1.82, 2.24) is 10.2 Å². The molecule has 0 aromatic carbocycles. The molecule has 0 bridgehead atoms. The van der Waals surface area contributed by atoms with E-state index in [-0.39, 0.29) is 6.10 Å². The molecule has 0 aliphatic carbocycles. The highest BCUT2D eigenvalue weighted by molar-refractivity contribution is 4.82. The highest BCUT2D eigenvalue weighted by Gasteiger charge is 2.24. The van der Waals surface area contributed by atoms with Crippen LogP contribution in [0.1, 0.15) is 40.5 Å². The van der Waals surface area contributed by atoms with Gasteiger partial charge in [0.2, 0.25) is 0 Å². The average molecular weight is 242 g/mol. The minimum absolute atomic E-state index is 0.175. The number of aliphatic hydroxyl groups is 1. The first-order chi connectivity index (χ1) is 8.02. The number of nitrogens with zero attached hydrogens (tertiary/aromatic N) is 1. The van der Waals surface area contributed by atoms with Crippen LogP contribution in [0.3, 0.4) is 0 Å². The van der Waals surface area contributed by atoms with Gasteiger partial charge in [0.05, 0.1) is 6.10 Å². The van der Waals surface area contributed by atoms with Crippen molar-refractivity contribution < 1.29 is 5.11 Å². The fraction of sp³-hybridized carbons (Fsp3) is 1.00. The Kier molecular flexibility index (Phi) is 6.45. The van der Waals surface area contributed by atoms with Crippen LogP contribution in [-0.2, 0) is 0 Å². The summed E-state index contributed by atoms with van der Waals surface area (Å²) < 4.78 is 0. The SMILES string of the molecule is CCN1CCC(NCC(C)CC(C)O)C(C)C1. The van der Waals surface area contributed by atoms with Gasteiger partial charge in [-0.25, -0.2) is 0 Å². The topological polar surface area (TPSA) is 35.5 Å². The van der Waals surface area contributed by atoms with Crippen molar-refractivity contribution in [3.63, 3.8) is 0 Å². The maximum atomic E-state index is 9.34. The van der Waals surface area contributed by atoms with Gasteiger partial charge in [0, 0.05) is 12.6 Å². The molecule has 0 radical (unpaired) electrons. The number of aliphatic hydroxyl groups excluding tert-OH is 1. The van der Waals surface area contributed by atoms with Crippen LogP contribution in [0, 0.1) is 11.8 Å². The summed E-state index contributed by atoms with van der Waals surface area (Å²) in [5.74, 6) is 1.30. The first kappa shape index (κ1) is 14.9. The smallest absolute Gasteiger partial charge is 0.0515 e. The molecule has 0 saturated carbocycles. The van der Waals surface area contributed by atoms with Gasteiger partial charge < -0.3 is 15.3 Å². The second-order valence-electron chi connectivity index (χ2n) is 5.86. The van der Waals surface area contributed by atoms with Crippen LogP contribution in [0.15, 0.2) is 0 Å². The summed E-state index contributed by atoms with van der Waals surface area (Å²) in [6.45, 7) is 13.3. The van der Waals surface area contributed by atoms with E-state index in [9.17, 15) is 5.11 Å². The van der Waals surface area contributed by atoms with Crippen LogP contribution < -0.4 is 5.32 Å². The molecule has 1 aliphatic heterocycles. The average Bonchev–Trinajstić information content (AvgIpc) is 2.26. The molecule has 4 unspecified atom stereocenters. The highest BCUT2D eigenvalue weighted by atomic mass is 16.3. The maximum absolute atomic E-state index is 9.34. The van der Waals surface area contributed by atoms with Gasteiger partial charge in [0.15, 0.2) is 0 Å². The van der Waals surface area contributed by atoms with Crippen molar-refractivity contribution in [2.75, 3.05) is 26.2 Å². The van der Waals surface area contributed by atoms with Crippen LogP contribution in [-0.4, -0.2) is 48.3 Å². The van der Waals surface area contributed by atoms with E-state index >= 15 is 0 Å². The van der Waals surface area contributed by atoms with Crippen LogP contribution in [0.25, 0.3) is 0 Å². The van der Waals surface area contributed by atoms with Gasteiger partial charge in [-0.2, -0.15) is 0 Å². The monoisotopic (exact) mass is 242 g/mol. The van der Waals surface area contributed by atoms with Gasteiger partial charge in [0.1, 0.15) is 0 Å². The maximum Gasteiger partial charge on any atom is 0.0515 e. The predicted octanol–water partition coefficient (Wildman–Crippen LogP) is 1.71. The lowest BCUT2D eigenvalue weighted by Gasteiger charge is -2.37. The standard InChI is InChI=1S/C14H30N2O/c1-5-16-7-6-14(12(3)10-16)15-9-11(2)8-13(4)17/h11-15,17H,5-10H2,1-4H3. The summed E-state index contributed by atoms with van der Waals surface area (Å²) in [5, 5.41) is 13.0. The summed E-state index contributed by atoms with van der Waals surface area (Å²) in [4.78, 5) is 2.53. The zero-order chi connectivity index (χ0) is 12.8. The van der Waals surface area contributed by atoms with Crippen molar-refractivity contribution in [2.24, 2.45) is 11.8 Å². The quantitative estimate of drug-likeness (QED) is 0.744. The van der Waals surface area contributed by atoms with E-state index < -0.39 is 0 Å². The fourth-order valence-electron chi connectivity index (χ4n) is 2.84. The van der Waals surface area contributed by atoms with E-state index in [1.807, 2.05) is 6.92 Å². The molecule has 0 amide bonds. The Labute approximate surface area is 107 Å². The van der Waals surface area contributed by atoms with Gasteiger partial charge in [-0.15, -0.1) is 0 Å². The Bertz CT molecular complexity index is 208. The Morgan fingerprint density at radius 2 is 2.12 bits per heavy atom. The van der Waals surface area contributed by atoms with Crippen LogP contribution in [0.4, 0.5) is 0 Å². The molecular weight excluding hydrogens is 212 g/mol. The van der Waals surface area contributed by atoms with Gasteiger partial charge in [-0.05, 0) is 51.2 Å². The number of likely N-dealkylation sites (tertiary alicyclic amines) is 1. The molecule has 1 rings (SSSR count). The summed E-state index contributed by atoms with van der Waals surface area (Å²) in [6.07, 6.45) is 1.98. The second-order valence-corrected chi connectivity index (χ2v) is 5.86. The molecule has 1 heterocycles. The zero-order valence-electron chi connectivity index (χ0n) is 11.9. The Balaban J connectivity index is 2.23. The Hall–Kier alpha value is -0.120. The first-order valence-corrected chi connectivity index (χ1v) is 7.16. The molecule has 4 atom stereocenters. The van der Waals surface area contributed by atoms with E-state index in [1.165, 1.54) is 26.1 Å². The molecule has 1 aliphatic rings. The molecule has 17 heavy (non-hydrogen) atoms. The van der Waals surface area contributed by atoms with Gasteiger partial charge >= 0.3 is 0 Å². The number of rotatable bonds is 6. The molecule has 2 N–H and O–H groups in total. The molecule has 3 heteroatoms. The predicted molar refractivity (Wildman–Crippen MR) is 73.1 cm³/mol. The van der Waals surface area contributed by atoms with Crippen LogP contribution in [0.2, 0.25) is 0 Å². The summed E-state index contributed by atoms with van der Waals surface area (Å²) in [5.41, 5.74) is 0. The van der Waals surface area contributed by atoms with Crippen LogP contribution in [0.5, 0.6) is 0 Å². The number of hydrogen-bond acceptors (Lipinski definition) is 3. The number of piperidine rings is 1. The summed E-state index contributed by atoms with van der Waals surface area (Å²) in [7, 11) is 0. The summed E-state index contributed by atoms with van der Waals surface area (Å²) in [6, 6.07) is 0.661. The molecule has 0 spiro atoms. The van der Waals surface area contributed by atoms with Crippen molar-refractivity contribution in [3.8, 4) is 0 Å². The third kappa shape index (κ3) is 5.36. The largest absolute Gasteiger partial charge is 0.393 e. The fourth-order valence-corrected chi connectivity index (χ4v) is 2.84. The van der Waals surface area contributed by atoms with Crippen molar-refractivity contribution in [1.29, 1.82) is 0 Å². The molecule has 1 fully saturated rings. The Morgan fingerprint density at radius 3 is 2.65 bits per heavy atom. The second kappa shape index (κ2) is 7.34. The number of nitrogens with one attached hydrogen (secondary N) is 1. The molecule has 0 aromatic rings. The first-order valence-electron chi connectivity index (χ1n) is 7.16. The van der Waals surface area contributed by atoms with E-state index in [0.29, 0.717) is 12.0 Å². The highest BCUT2D eigenvalue weighted by Crippen LogP contribution is 2.17. The minimum Gasteiger partial charge on any atom is -0.393 e. The molecule has 3 nitrogen and oxygen atoms in total. The third-order valence-electron chi connectivity index (χ3n) is 3.91. The third-order valence-corrected chi connectivity index (χ3v) is 3.91. The Morgan fingerprint density at radius 1 is 1.41 bits per heavy atom. The lowest BCUT2D eigenvalue weighted by Crippen LogP contribution is -2.49. The van der Waals surface area contributed by atoms with Gasteiger partial charge in [0.25, 0.3) is 0 Å². The normalized spacial score (nSPS) is 30.2. The molecule has 102 valence electrons. The minimum atomic E-state index is -0.175. The zero-order valence-corrected chi connectivity index (χ0v) is 11.9. The number of hydrogen-bond donors (Lipinski definition) is 2. The lowest BCUT2D eigenvalue weighted by molar-refractivity contribution is 0.140. The van der Waals surface area contributed by atoms with Gasteiger partial charge in [-0.1, -0.05) is 20.8 Å². The van der Waals surface area contributed by atoms with Crippen LogP contribution >= 0.6 is 0 Å². The lowest BCUT2D eigenvalue weighted by atomic mass is 9.93.